The Kier molecular flexibility index (Phi) is 4.48. The maximum absolute atomic E-state index is 2.27. The van der Waals surface area contributed by atoms with E-state index in [1.54, 1.807) is 0 Å². The molecule has 0 bridgehead atoms. The first-order chi connectivity index (χ1) is 10.8. The van der Waals surface area contributed by atoms with Crippen LogP contribution in [0.25, 0.3) is 0 Å². The fraction of sp³-hybridized carbons (Fsp3) is 0.0526. The van der Waals surface area contributed by atoms with E-state index in [1.165, 1.54) is 22.7 Å². The molecule has 0 radical (unpaired) electrons. The van der Waals surface area contributed by atoms with Crippen molar-refractivity contribution in [1.82, 2.24) is 0 Å². The van der Waals surface area contributed by atoms with Crippen LogP contribution in [0.5, 0.6) is 0 Å². The van der Waals surface area contributed by atoms with Gasteiger partial charge in [-0.1, -0.05) is 36.4 Å². The standard InChI is InChI=1S/C19H17N2.Al.2H/c1-20-16-12-14-19(15-13-16)21(17-8-4-2-5-9-17)18-10-6-3-7-11-18;;;/h2-15H,1H3;;;/q-1;+1;;. The minimum Gasteiger partial charge on any atom is -0.471 e. The Balaban J connectivity index is 2.06. The van der Waals surface area contributed by atoms with Gasteiger partial charge in [0.05, 0.1) is 0 Å². The molecular weight excluding hydrogens is 283 g/mol. The fourth-order valence-corrected chi connectivity index (χ4v) is 2.80. The molecule has 22 heavy (non-hydrogen) atoms. The predicted octanol–water partition coefficient (Wildman–Crippen LogP) is 4.14. The largest absolute Gasteiger partial charge is 0.471 e. The average Bonchev–Trinajstić information content (AvgIpc) is 2.57. The molecule has 0 aliphatic carbocycles. The van der Waals surface area contributed by atoms with Crippen LogP contribution in [-0.2, 0) is 0 Å². The molecule has 3 aromatic rings. The van der Waals surface area contributed by atoms with Gasteiger partial charge in [0.2, 0.25) is 0 Å². The molecule has 0 amide bonds. The van der Waals surface area contributed by atoms with Crippen molar-refractivity contribution < 1.29 is 0 Å². The minimum absolute atomic E-state index is 1.02. The van der Waals surface area contributed by atoms with Gasteiger partial charge in [-0.05, 0) is 55.6 Å². The molecule has 0 spiro atoms. The summed E-state index contributed by atoms with van der Waals surface area (Å²) in [5.74, 6) is 0. The number of hydrogen-bond donors (Lipinski definition) is 0. The van der Waals surface area contributed by atoms with Gasteiger partial charge in [-0.2, -0.15) is 0 Å². The number of hydrogen-bond acceptors (Lipinski definition) is 2. The van der Waals surface area contributed by atoms with Crippen molar-refractivity contribution in [3.05, 3.63) is 84.9 Å². The summed E-state index contributed by atoms with van der Waals surface area (Å²) in [5, 5.41) is 0. The van der Waals surface area contributed by atoms with E-state index in [0.29, 0.717) is 0 Å². The Morgan fingerprint density at radius 2 is 0.909 bits per heavy atom. The molecule has 3 aromatic carbocycles. The molecule has 108 valence electrons. The van der Waals surface area contributed by atoms with E-state index >= 15 is 0 Å². The topological polar surface area (TPSA) is 6.48 Å². The Morgan fingerprint density at radius 3 is 1.32 bits per heavy atom. The van der Waals surface area contributed by atoms with E-state index in [0.717, 1.165) is 16.5 Å². The minimum atomic E-state index is 1.02. The summed E-state index contributed by atoms with van der Waals surface area (Å²) in [5.41, 5.74) is 4.77. The summed E-state index contributed by atoms with van der Waals surface area (Å²) in [6.07, 6.45) is 0. The second-order valence-electron chi connectivity index (χ2n) is 5.42. The highest BCUT2D eigenvalue weighted by Gasteiger charge is 2.11. The van der Waals surface area contributed by atoms with Crippen LogP contribution in [0.3, 0.4) is 0 Å². The van der Waals surface area contributed by atoms with E-state index in [9.17, 15) is 0 Å². The monoisotopic (exact) mass is 302 g/mol. The van der Waals surface area contributed by atoms with E-state index < -0.39 is 0 Å². The average molecular weight is 302 g/mol. The molecule has 3 heteroatoms. The summed E-state index contributed by atoms with van der Waals surface area (Å²) < 4.78 is 2.25. The lowest BCUT2D eigenvalue weighted by Crippen LogP contribution is -2.12. The number of para-hydroxylation sites is 2. The highest BCUT2D eigenvalue weighted by molar-refractivity contribution is 6.17. The fourth-order valence-electron chi connectivity index (χ4n) is 2.50. The summed E-state index contributed by atoms with van der Waals surface area (Å²) in [6.45, 7) is 0. The molecule has 0 N–H and O–H groups in total. The molecule has 0 heterocycles. The maximum Gasteiger partial charge on any atom is 0.363 e. The SMILES string of the molecule is C[N]([AlH2])c1ccc(N(c2ccccc2)c2ccccc2)cc1. The zero-order valence-electron chi connectivity index (χ0n) is 13.0. The van der Waals surface area contributed by atoms with Gasteiger partial charge >= 0.3 is 16.5 Å². The van der Waals surface area contributed by atoms with Crippen molar-refractivity contribution in [1.29, 1.82) is 0 Å². The van der Waals surface area contributed by atoms with Crippen molar-refractivity contribution >= 4 is 39.3 Å². The number of rotatable bonds is 4. The van der Waals surface area contributed by atoms with Gasteiger partial charge in [0.15, 0.2) is 0 Å². The van der Waals surface area contributed by atoms with Crippen molar-refractivity contribution in [2.75, 3.05) is 15.8 Å². The lowest BCUT2D eigenvalue weighted by molar-refractivity contribution is 1.27. The quantitative estimate of drug-likeness (QED) is 0.668. The maximum atomic E-state index is 2.27. The van der Waals surface area contributed by atoms with Crippen LogP contribution in [0.4, 0.5) is 22.7 Å². The third kappa shape index (κ3) is 3.17. The summed E-state index contributed by atoms with van der Waals surface area (Å²) >= 11 is 1.02. The Morgan fingerprint density at radius 1 is 0.545 bits per heavy atom. The molecular formula is C19H19AlN2. The molecule has 0 aromatic heterocycles. The lowest BCUT2D eigenvalue weighted by Gasteiger charge is -2.26. The zero-order chi connectivity index (χ0) is 15.4. The summed E-state index contributed by atoms with van der Waals surface area (Å²) in [6, 6.07) is 29.7. The Labute approximate surface area is 140 Å². The first-order valence-electron chi connectivity index (χ1n) is 7.43. The predicted molar refractivity (Wildman–Crippen MR) is 98.1 cm³/mol. The molecule has 0 saturated carbocycles. The van der Waals surface area contributed by atoms with Crippen LogP contribution in [-0.4, -0.2) is 23.6 Å². The van der Waals surface area contributed by atoms with Crippen molar-refractivity contribution in [2.45, 2.75) is 0 Å². The molecule has 2 nitrogen and oxygen atoms in total. The first-order valence-corrected chi connectivity index (χ1v) is 8.33. The van der Waals surface area contributed by atoms with Crippen LogP contribution in [0.15, 0.2) is 84.9 Å². The number of benzene rings is 3. The van der Waals surface area contributed by atoms with Gasteiger partial charge in [-0.25, -0.2) is 0 Å². The van der Waals surface area contributed by atoms with E-state index in [-0.39, 0.29) is 0 Å². The second kappa shape index (κ2) is 6.70. The van der Waals surface area contributed by atoms with E-state index in [1.807, 2.05) is 12.1 Å². The number of anilines is 4. The third-order valence-corrected chi connectivity index (χ3v) is 4.17. The zero-order valence-corrected chi connectivity index (χ0v) is 15.0. The summed E-state index contributed by atoms with van der Waals surface area (Å²) in [4.78, 5) is 2.27. The highest BCUT2D eigenvalue weighted by atomic mass is 27.1. The van der Waals surface area contributed by atoms with Gasteiger partial charge in [0.25, 0.3) is 0 Å². The molecule has 0 saturated heterocycles. The van der Waals surface area contributed by atoms with Crippen LogP contribution in [0.1, 0.15) is 0 Å². The van der Waals surface area contributed by atoms with Gasteiger partial charge in [-0.15, -0.1) is 0 Å². The van der Waals surface area contributed by atoms with Crippen molar-refractivity contribution in [3.8, 4) is 0 Å². The second-order valence-corrected chi connectivity index (χ2v) is 6.76. The van der Waals surface area contributed by atoms with E-state index in [2.05, 4.69) is 88.6 Å². The molecule has 0 aliphatic heterocycles. The molecule has 0 unspecified atom stereocenters. The van der Waals surface area contributed by atoms with Gasteiger partial charge < -0.3 is 8.78 Å². The van der Waals surface area contributed by atoms with E-state index in [4.69, 9.17) is 0 Å². The molecule has 3 rings (SSSR count). The number of nitrogens with zero attached hydrogens (tertiary/aromatic N) is 2. The van der Waals surface area contributed by atoms with Crippen LogP contribution < -0.4 is 8.78 Å². The van der Waals surface area contributed by atoms with Crippen LogP contribution in [0, 0.1) is 0 Å². The van der Waals surface area contributed by atoms with Crippen LogP contribution >= 0.6 is 0 Å². The molecule has 0 aliphatic rings. The molecule has 0 atom stereocenters. The summed E-state index contributed by atoms with van der Waals surface area (Å²) in [7, 11) is 2.12. The van der Waals surface area contributed by atoms with Crippen LogP contribution in [0.2, 0.25) is 0 Å². The van der Waals surface area contributed by atoms with Crippen molar-refractivity contribution in [2.24, 2.45) is 0 Å². The Bertz CT molecular complexity index is 670. The lowest BCUT2D eigenvalue weighted by atomic mass is 10.2. The first kappa shape index (κ1) is 14.7. The Hall–Kier alpha value is -2.21. The van der Waals surface area contributed by atoms with Gasteiger partial charge in [0.1, 0.15) is 0 Å². The highest BCUT2D eigenvalue weighted by Crippen LogP contribution is 2.34. The third-order valence-electron chi connectivity index (χ3n) is 3.65. The van der Waals surface area contributed by atoms with Crippen molar-refractivity contribution in [3.63, 3.8) is 0 Å². The molecule has 0 fully saturated rings. The normalized spacial score (nSPS) is 10.2. The van der Waals surface area contributed by atoms with Gasteiger partial charge in [0, 0.05) is 22.7 Å². The van der Waals surface area contributed by atoms with Gasteiger partial charge in [-0.3, -0.25) is 0 Å². The smallest absolute Gasteiger partial charge is 0.363 e.